The van der Waals surface area contributed by atoms with Gasteiger partial charge in [-0.2, -0.15) is 14.5 Å². The average Bonchev–Trinajstić information content (AvgIpc) is 3.31. The lowest BCUT2D eigenvalue weighted by Crippen LogP contribution is -2.00. The van der Waals surface area contributed by atoms with E-state index < -0.39 is 0 Å². The summed E-state index contributed by atoms with van der Waals surface area (Å²) in [5.74, 6) is 0.757. The minimum atomic E-state index is 0.679. The van der Waals surface area contributed by atoms with Gasteiger partial charge in [0.2, 0.25) is 5.13 Å². The molecule has 2 aromatic heterocycles. The maximum Gasteiger partial charge on any atom is 0.203 e. The molecule has 4 rings (SSSR count). The largest absolute Gasteiger partial charge is 0.356 e. The molecule has 0 aliphatic heterocycles. The van der Waals surface area contributed by atoms with E-state index in [9.17, 15) is 0 Å². The Hall–Kier alpha value is -2.99. The highest BCUT2D eigenvalue weighted by Crippen LogP contribution is 2.21. The molecule has 5 nitrogen and oxygen atoms in total. The molecule has 1 N–H and O–H groups in total. The summed E-state index contributed by atoms with van der Waals surface area (Å²) in [4.78, 5) is 4.54. The Kier molecular flexibility index (Phi) is 4.52. The first kappa shape index (κ1) is 15.5. The van der Waals surface area contributed by atoms with Crippen molar-refractivity contribution in [2.24, 2.45) is 0 Å². The number of aromatic nitrogens is 4. The van der Waals surface area contributed by atoms with Crippen molar-refractivity contribution in [3.63, 3.8) is 0 Å². The van der Waals surface area contributed by atoms with E-state index in [2.05, 4.69) is 38.1 Å². The lowest BCUT2D eigenvalue weighted by atomic mass is 10.2. The molecule has 25 heavy (non-hydrogen) atoms. The van der Waals surface area contributed by atoms with Crippen molar-refractivity contribution in [1.29, 1.82) is 0 Å². The van der Waals surface area contributed by atoms with Crippen LogP contribution in [0, 0.1) is 0 Å². The third kappa shape index (κ3) is 3.92. The van der Waals surface area contributed by atoms with Crippen molar-refractivity contribution in [3.05, 3.63) is 84.2 Å². The second kappa shape index (κ2) is 7.27. The second-order valence-electron chi connectivity index (χ2n) is 5.67. The summed E-state index contributed by atoms with van der Waals surface area (Å²) in [6.07, 6.45) is 3.94. The summed E-state index contributed by atoms with van der Waals surface area (Å²) in [5.41, 5.74) is 3.39. The van der Waals surface area contributed by atoms with Gasteiger partial charge in [-0.1, -0.05) is 60.7 Å². The Labute approximate surface area is 150 Å². The molecular weight excluding hydrogens is 330 g/mol. The average molecular weight is 347 g/mol. The van der Waals surface area contributed by atoms with Crippen LogP contribution in [-0.2, 0) is 13.1 Å². The first-order valence-corrected chi connectivity index (χ1v) is 8.82. The Balaban J connectivity index is 1.37. The standard InChI is InChI=1S/C19H17N5S/c1-3-7-15(8-4-1)13-24-14-16(12-21-24)11-20-19-22-18(23-25-19)17-9-5-2-6-10-17/h1-10,12,14H,11,13H2,(H,20,22,23). The number of nitrogens with one attached hydrogen (secondary N) is 1. The smallest absolute Gasteiger partial charge is 0.203 e. The van der Waals surface area contributed by atoms with Crippen LogP contribution in [0.15, 0.2) is 73.1 Å². The van der Waals surface area contributed by atoms with Gasteiger partial charge in [0.15, 0.2) is 5.82 Å². The molecule has 2 heterocycles. The summed E-state index contributed by atoms with van der Waals surface area (Å²) in [6, 6.07) is 20.3. The highest BCUT2D eigenvalue weighted by atomic mass is 32.1. The quantitative estimate of drug-likeness (QED) is 0.571. The fourth-order valence-electron chi connectivity index (χ4n) is 2.53. The molecule has 6 heteroatoms. The molecule has 124 valence electrons. The topological polar surface area (TPSA) is 55.6 Å². The van der Waals surface area contributed by atoms with E-state index >= 15 is 0 Å². The van der Waals surface area contributed by atoms with Gasteiger partial charge >= 0.3 is 0 Å². The molecule has 4 aromatic rings. The first-order chi connectivity index (χ1) is 12.4. The molecule has 2 aromatic carbocycles. The fraction of sp³-hybridized carbons (Fsp3) is 0.105. The minimum Gasteiger partial charge on any atom is -0.356 e. The van der Waals surface area contributed by atoms with E-state index in [-0.39, 0.29) is 0 Å². The third-order valence-electron chi connectivity index (χ3n) is 3.78. The molecule has 0 spiro atoms. The fourth-order valence-corrected chi connectivity index (χ4v) is 3.12. The molecule has 0 saturated carbocycles. The van der Waals surface area contributed by atoms with Gasteiger partial charge < -0.3 is 5.32 Å². The van der Waals surface area contributed by atoms with Crippen molar-refractivity contribution in [2.75, 3.05) is 5.32 Å². The van der Waals surface area contributed by atoms with Crippen molar-refractivity contribution in [1.82, 2.24) is 19.1 Å². The summed E-state index contributed by atoms with van der Waals surface area (Å²) < 4.78 is 6.35. The number of hydrogen-bond acceptors (Lipinski definition) is 5. The van der Waals surface area contributed by atoms with Crippen molar-refractivity contribution >= 4 is 16.7 Å². The van der Waals surface area contributed by atoms with Crippen molar-refractivity contribution in [2.45, 2.75) is 13.1 Å². The van der Waals surface area contributed by atoms with E-state index in [1.807, 2.05) is 59.4 Å². The normalized spacial score (nSPS) is 10.7. The van der Waals surface area contributed by atoms with Gasteiger partial charge in [0.05, 0.1) is 12.7 Å². The number of benzene rings is 2. The van der Waals surface area contributed by atoms with E-state index in [0.29, 0.717) is 6.54 Å². The van der Waals surface area contributed by atoms with E-state index in [1.54, 1.807) is 0 Å². The molecule has 0 unspecified atom stereocenters. The van der Waals surface area contributed by atoms with Crippen LogP contribution in [0.5, 0.6) is 0 Å². The van der Waals surface area contributed by atoms with Gasteiger partial charge in [-0.15, -0.1) is 0 Å². The maximum absolute atomic E-state index is 4.54. The SMILES string of the molecule is c1ccc(Cn2cc(CNc3nc(-c4ccccc4)ns3)cn2)cc1. The van der Waals surface area contributed by atoms with E-state index in [1.165, 1.54) is 17.1 Å². The molecule has 0 amide bonds. The van der Waals surface area contributed by atoms with Gasteiger partial charge in [0.1, 0.15) is 0 Å². The Morgan fingerprint density at radius 2 is 1.68 bits per heavy atom. The van der Waals surface area contributed by atoms with Crippen LogP contribution in [0.25, 0.3) is 11.4 Å². The monoisotopic (exact) mass is 347 g/mol. The zero-order valence-corrected chi connectivity index (χ0v) is 14.4. The Morgan fingerprint density at radius 3 is 2.48 bits per heavy atom. The maximum atomic E-state index is 4.54. The Morgan fingerprint density at radius 1 is 0.920 bits per heavy atom. The molecule has 0 bridgehead atoms. The zero-order chi connectivity index (χ0) is 16.9. The molecular formula is C19H17N5S. The Bertz CT molecular complexity index is 931. The second-order valence-corrected chi connectivity index (χ2v) is 6.43. The summed E-state index contributed by atoms with van der Waals surface area (Å²) in [7, 11) is 0. The summed E-state index contributed by atoms with van der Waals surface area (Å²) >= 11 is 1.37. The number of anilines is 1. The van der Waals surface area contributed by atoms with Crippen LogP contribution in [-0.4, -0.2) is 19.1 Å². The van der Waals surface area contributed by atoms with Crippen LogP contribution in [0.2, 0.25) is 0 Å². The zero-order valence-electron chi connectivity index (χ0n) is 13.5. The predicted octanol–water partition coefficient (Wildman–Crippen LogP) is 4.06. The molecule has 0 fully saturated rings. The van der Waals surface area contributed by atoms with Crippen LogP contribution < -0.4 is 5.32 Å². The molecule has 0 saturated heterocycles. The van der Waals surface area contributed by atoms with Crippen LogP contribution >= 0.6 is 11.5 Å². The molecule has 0 aliphatic carbocycles. The summed E-state index contributed by atoms with van der Waals surface area (Å²) in [5, 5.41) is 8.55. The van der Waals surface area contributed by atoms with E-state index in [4.69, 9.17) is 0 Å². The number of nitrogens with zero attached hydrogens (tertiary/aromatic N) is 4. The van der Waals surface area contributed by atoms with E-state index in [0.717, 1.165) is 28.6 Å². The van der Waals surface area contributed by atoms with Gasteiger partial charge in [-0.3, -0.25) is 4.68 Å². The highest BCUT2D eigenvalue weighted by Gasteiger charge is 2.06. The van der Waals surface area contributed by atoms with Crippen molar-refractivity contribution < 1.29 is 0 Å². The van der Waals surface area contributed by atoms with Crippen LogP contribution in [0.4, 0.5) is 5.13 Å². The number of hydrogen-bond donors (Lipinski definition) is 1. The van der Waals surface area contributed by atoms with Gasteiger partial charge in [-0.05, 0) is 5.56 Å². The highest BCUT2D eigenvalue weighted by molar-refractivity contribution is 7.09. The minimum absolute atomic E-state index is 0.679. The molecule has 0 aliphatic rings. The van der Waals surface area contributed by atoms with Gasteiger partial charge in [0.25, 0.3) is 0 Å². The van der Waals surface area contributed by atoms with Crippen LogP contribution in [0.1, 0.15) is 11.1 Å². The molecule has 0 atom stereocenters. The number of rotatable bonds is 6. The van der Waals surface area contributed by atoms with Crippen LogP contribution in [0.3, 0.4) is 0 Å². The first-order valence-electron chi connectivity index (χ1n) is 8.05. The third-order valence-corrected chi connectivity index (χ3v) is 4.45. The summed E-state index contributed by atoms with van der Waals surface area (Å²) in [6.45, 7) is 1.45. The van der Waals surface area contributed by atoms with Crippen molar-refractivity contribution in [3.8, 4) is 11.4 Å². The molecule has 0 radical (unpaired) electrons. The van der Waals surface area contributed by atoms with Gasteiger partial charge in [0, 0.05) is 35.4 Å². The lowest BCUT2D eigenvalue weighted by molar-refractivity contribution is 0.686. The van der Waals surface area contributed by atoms with Gasteiger partial charge in [-0.25, -0.2) is 0 Å². The lowest BCUT2D eigenvalue weighted by Gasteiger charge is -2.01. The predicted molar refractivity (Wildman–Crippen MR) is 100 cm³/mol.